The molecule has 7 nitrogen and oxygen atoms in total. The summed E-state index contributed by atoms with van der Waals surface area (Å²) in [5.74, 6) is -2.29. The summed E-state index contributed by atoms with van der Waals surface area (Å²) in [6.45, 7) is 6.87. The van der Waals surface area contributed by atoms with Gasteiger partial charge in [0.25, 0.3) is 0 Å². The van der Waals surface area contributed by atoms with Crippen LogP contribution in [0.5, 0.6) is 0 Å². The zero-order valence-corrected chi connectivity index (χ0v) is 23.1. The number of carbonyl (C=O) groups excluding carboxylic acids is 3. The Bertz CT molecular complexity index is 1160. The van der Waals surface area contributed by atoms with E-state index in [2.05, 4.69) is 6.92 Å². The number of hydrogen-bond acceptors (Lipinski definition) is 7. The minimum Gasteiger partial charge on any atom is -0.458 e. The van der Waals surface area contributed by atoms with Crippen LogP contribution >= 0.6 is 0 Å². The van der Waals surface area contributed by atoms with Crippen LogP contribution in [0.4, 0.5) is 4.39 Å². The number of methoxy groups -OCH3 is 1. The molecular weight excluding hydrogens is 491 g/mol. The van der Waals surface area contributed by atoms with Gasteiger partial charge < -0.3 is 18.9 Å². The van der Waals surface area contributed by atoms with Crippen molar-refractivity contribution in [2.45, 2.75) is 108 Å². The first-order valence-electron chi connectivity index (χ1n) is 14.0. The third kappa shape index (κ3) is 2.92. The molecule has 0 aromatic rings. The Hall–Kier alpha value is -1.90. The monoisotopic (exact) mass is 530 g/mol. The summed E-state index contributed by atoms with van der Waals surface area (Å²) < 4.78 is 42.9. The Morgan fingerprint density at radius 2 is 1.87 bits per heavy atom. The van der Waals surface area contributed by atoms with Crippen LogP contribution < -0.4 is 0 Å². The lowest BCUT2D eigenvalue weighted by atomic mass is 9.40. The molecule has 0 aromatic carbocycles. The van der Waals surface area contributed by atoms with E-state index in [0.29, 0.717) is 32.1 Å². The van der Waals surface area contributed by atoms with E-state index in [0.717, 1.165) is 18.4 Å². The zero-order chi connectivity index (χ0) is 27.4. The molecule has 1 spiro atoms. The van der Waals surface area contributed by atoms with E-state index in [1.165, 1.54) is 20.1 Å². The highest BCUT2D eigenvalue weighted by Gasteiger charge is 2.84. The molecular formula is C30H39FO7. The number of carbonyl (C=O) groups is 3. The second kappa shape index (κ2) is 8.07. The number of rotatable bonds is 4. The molecule has 1 heterocycles. The molecule has 8 unspecified atom stereocenters. The standard InChI is InChI=1S/C30H39FO7/c1-18(32)36-17-22(34)30-24(37-28(38-30)11-6-7-12-28)15-26(3)21-9-8-19-14-20(33)10-13-25(19,2)29(21,31)23(35-5)16-27(26,30)4/h10,13-14,21,23-24H,6-9,11-12,15-17H2,1-5H3. The summed E-state index contributed by atoms with van der Waals surface area (Å²) in [6.07, 6.45) is 8.48. The molecule has 0 radical (unpaired) electrons. The maximum Gasteiger partial charge on any atom is 0.303 e. The van der Waals surface area contributed by atoms with Crippen LogP contribution in [0, 0.1) is 22.2 Å². The first-order chi connectivity index (χ1) is 17.8. The van der Waals surface area contributed by atoms with Crippen LogP contribution in [-0.4, -0.2) is 60.5 Å². The fraction of sp³-hybridized carbons (Fsp3) is 0.767. The number of halogens is 1. The topological polar surface area (TPSA) is 88.1 Å². The van der Waals surface area contributed by atoms with Crippen molar-refractivity contribution in [1.82, 2.24) is 0 Å². The average Bonchev–Trinajstić information content (AvgIpc) is 3.50. The van der Waals surface area contributed by atoms with Gasteiger partial charge >= 0.3 is 5.97 Å². The van der Waals surface area contributed by atoms with E-state index >= 15 is 4.39 Å². The molecule has 0 bridgehead atoms. The van der Waals surface area contributed by atoms with Gasteiger partial charge in [0.2, 0.25) is 5.78 Å². The summed E-state index contributed by atoms with van der Waals surface area (Å²) in [5.41, 5.74) is -4.92. The molecule has 5 fully saturated rings. The van der Waals surface area contributed by atoms with E-state index in [1.54, 1.807) is 12.2 Å². The van der Waals surface area contributed by atoms with Crippen LogP contribution in [-0.2, 0) is 33.3 Å². The number of alkyl halides is 1. The van der Waals surface area contributed by atoms with Gasteiger partial charge in [-0.25, -0.2) is 4.39 Å². The Labute approximate surface area is 223 Å². The number of ether oxygens (including phenoxy) is 4. The van der Waals surface area contributed by atoms with Crippen LogP contribution in [0.1, 0.15) is 79.1 Å². The van der Waals surface area contributed by atoms with E-state index in [-0.39, 0.29) is 18.0 Å². The molecule has 208 valence electrons. The molecule has 8 atom stereocenters. The van der Waals surface area contributed by atoms with Gasteiger partial charge in [-0.15, -0.1) is 0 Å². The van der Waals surface area contributed by atoms with Gasteiger partial charge in [0.1, 0.15) is 0 Å². The van der Waals surface area contributed by atoms with Crippen molar-refractivity contribution in [2.24, 2.45) is 22.2 Å². The molecule has 5 aliphatic carbocycles. The van der Waals surface area contributed by atoms with Gasteiger partial charge in [0, 0.05) is 43.6 Å². The molecule has 6 rings (SSSR count). The Kier molecular flexibility index (Phi) is 5.59. The minimum absolute atomic E-state index is 0.116. The van der Waals surface area contributed by atoms with E-state index in [4.69, 9.17) is 18.9 Å². The number of fused-ring (bicyclic) bond motifs is 7. The fourth-order valence-electron chi connectivity index (χ4n) is 9.70. The lowest BCUT2D eigenvalue weighted by Gasteiger charge is -2.67. The Morgan fingerprint density at radius 3 is 2.53 bits per heavy atom. The highest BCUT2D eigenvalue weighted by atomic mass is 19.1. The molecule has 0 amide bonds. The van der Waals surface area contributed by atoms with E-state index < -0.39 is 64.0 Å². The fourth-order valence-corrected chi connectivity index (χ4v) is 9.70. The normalized spacial score (nSPS) is 48.2. The SMILES string of the molecule is COC1CC2(C)C(C)(CC3OC4(CCCC4)OC32C(=O)COC(C)=O)C2CCC3=CC(=O)C=CC3(C)C12F. The number of hydrogen-bond donors (Lipinski definition) is 0. The lowest BCUT2D eigenvalue weighted by molar-refractivity contribution is -0.279. The summed E-state index contributed by atoms with van der Waals surface area (Å²) in [4.78, 5) is 38.1. The molecule has 1 aliphatic heterocycles. The molecule has 0 aromatic heterocycles. The molecule has 8 heteroatoms. The zero-order valence-electron chi connectivity index (χ0n) is 23.1. The van der Waals surface area contributed by atoms with Gasteiger partial charge in [-0.3, -0.25) is 14.4 Å². The number of ketones is 2. The highest BCUT2D eigenvalue weighted by Crippen LogP contribution is 2.78. The van der Waals surface area contributed by atoms with Crippen LogP contribution in [0.3, 0.4) is 0 Å². The van der Waals surface area contributed by atoms with Crippen LogP contribution in [0.25, 0.3) is 0 Å². The highest BCUT2D eigenvalue weighted by molar-refractivity contribution is 6.01. The summed E-state index contributed by atoms with van der Waals surface area (Å²) >= 11 is 0. The van der Waals surface area contributed by atoms with Crippen molar-refractivity contribution in [1.29, 1.82) is 0 Å². The molecule has 6 aliphatic rings. The first-order valence-corrected chi connectivity index (χ1v) is 14.0. The molecule has 0 N–H and O–H groups in total. The summed E-state index contributed by atoms with van der Waals surface area (Å²) in [6, 6.07) is 0. The third-order valence-corrected chi connectivity index (χ3v) is 11.7. The van der Waals surface area contributed by atoms with Crippen molar-refractivity contribution >= 4 is 17.5 Å². The smallest absolute Gasteiger partial charge is 0.303 e. The van der Waals surface area contributed by atoms with Gasteiger partial charge in [0.15, 0.2) is 29.4 Å². The van der Waals surface area contributed by atoms with Gasteiger partial charge in [-0.1, -0.05) is 25.5 Å². The lowest BCUT2D eigenvalue weighted by Crippen LogP contribution is -2.73. The van der Waals surface area contributed by atoms with E-state index in [1.807, 2.05) is 13.8 Å². The quantitative estimate of drug-likeness (QED) is 0.492. The van der Waals surface area contributed by atoms with E-state index in [9.17, 15) is 14.4 Å². The first kappa shape index (κ1) is 26.3. The average molecular weight is 531 g/mol. The minimum atomic E-state index is -1.80. The predicted molar refractivity (Wildman–Crippen MR) is 135 cm³/mol. The Balaban J connectivity index is 1.50. The largest absolute Gasteiger partial charge is 0.458 e. The van der Waals surface area contributed by atoms with Gasteiger partial charge in [-0.05, 0) is 63.0 Å². The van der Waals surface area contributed by atoms with Crippen LogP contribution in [0.15, 0.2) is 23.8 Å². The Morgan fingerprint density at radius 1 is 1.16 bits per heavy atom. The van der Waals surface area contributed by atoms with Crippen molar-refractivity contribution in [3.8, 4) is 0 Å². The summed E-state index contributed by atoms with van der Waals surface area (Å²) in [5, 5.41) is 0. The second-order valence-electron chi connectivity index (χ2n) is 13.1. The number of esters is 1. The molecule has 1 saturated heterocycles. The van der Waals surface area contributed by atoms with Gasteiger partial charge in [0.05, 0.1) is 12.2 Å². The maximum atomic E-state index is 18.1. The molecule has 4 saturated carbocycles. The maximum absolute atomic E-state index is 18.1. The summed E-state index contributed by atoms with van der Waals surface area (Å²) in [7, 11) is 1.53. The second-order valence-corrected chi connectivity index (χ2v) is 13.1. The third-order valence-electron chi connectivity index (χ3n) is 11.7. The number of Topliss-reactive ketones (excluding diaryl/α,β-unsaturated/α-hetero) is 1. The number of allylic oxidation sites excluding steroid dienone is 4. The van der Waals surface area contributed by atoms with Crippen molar-refractivity contribution in [2.75, 3.05) is 13.7 Å². The van der Waals surface area contributed by atoms with Crippen LogP contribution in [0.2, 0.25) is 0 Å². The van der Waals surface area contributed by atoms with Crippen molar-refractivity contribution in [3.05, 3.63) is 23.8 Å². The molecule has 38 heavy (non-hydrogen) atoms. The van der Waals surface area contributed by atoms with Gasteiger partial charge in [-0.2, -0.15) is 0 Å². The predicted octanol–water partition coefficient (Wildman–Crippen LogP) is 4.57. The van der Waals surface area contributed by atoms with Crippen molar-refractivity contribution < 1.29 is 37.7 Å². The van der Waals surface area contributed by atoms with Crippen molar-refractivity contribution in [3.63, 3.8) is 0 Å².